The molecule has 3 nitrogen and oxygen atoms in total. The molecule has 0 radical (unpaired) electrons. The van der Waals surface area contributed by atoms with Crippen LogP contribution in [-0.4, -0.2) is 17.7 Å². The van der Waals surface area contributed by atoms with Gasteiger partial charge in [0.1, 0.15) is 5.75 Å². The summed E-state index contributed by atoms with van der Waals surface area (Å²) in [5.41, 5.74) is -0.444. The first-order valence-corrected chi connectivity index (χ1v) is 6.14. The molecule has 0 aromatic heterocycles. The van der Waals surface area contributed by atoms with Crippen molar-refractivity contribution in [3.63, 3.8) is 0 Å². The van der Waals surface area contributed by atoms with Gasteiger partial charge in [0.05, 0.1) is 12.0 Å². The number of benzene rings is 1. The molecule has 1 N–H and O–H groups in total. The number of carboxylic acid groups (broad SMARTS) is 1. The number of ether oxygens (including phenoxy) is 1. The zero-order valence-corrected chi connectivity index (χ0v) is 9.89. The molecule has 0 amide bonds. The summed E-state index contributed by atoms with van der Waals surface area (Å²) in [6.45, 7) is 0.596. The van der Waals surface area contributed by atoms with E-state index in [1.165, 1.54) is 0 Å². The molecule has 0 saturated heterocycles. The van der Waals surface area contributed by atoms with Crippen LogP contribution in [0.3, 0.4) is 0 Å². The van der Waals surface area contributed by atoms with Crippen molar-refractivity contribution in [1.82, 2.24) is 0 Å². The van der Waals surface area contributed by atoms with Crippen molar-refractivity contribution >= 4 is 5.97 Å². The fraction of sp³-hybridized carbons (Fsp3) is 0.500. The quantitative estimate of drug-likeness (QED) is 0.769. The van der Waals surface area contributed by atoms with Crippen LogP contribution in [0, 0.1) is 5.41 Å². The maximum atomic E-state index is 11.1. The van der Waals surface area contributed by atoms with Gasteiger partial charge in [-0.1, -0.05) is 24.6 Å². The lowest BCUT2D eigenvalue weighted by Gasteiger charge is -2.37. The normalized spacial score (nSPS) is 17.2. The second kappa shape index (κ2) is 5.21. The molecule has 92 valence electrons. The van der Waals surface area contributed by atoms with Crippen molar-refractivity contribution in [2.75, 3.05) is 6.61 Å². The van der Waals surface area contributed by atoms with E-state index in [0.29, 0.717) is 6.61 Å². The van der Waals surface area contributed by atoms with Gasteiger partial charge in [-0.3, -0.25) is 4.79 Å². The lowest BCUT2D eigenvalue weighted by atomic mass is 9.66. The summed E-state index contributed by atoms with van der Waals surface area (Å²) in [6.07, 6.45) is 4.24. The fourth-order valence-corrected chi connectivity index (χ4v) is 2.29. The van der Waals surface area contributed by atoms with Gasteiger partial charge in [0.2, 0.25) is 0 Å². The van der Waals surface area contributed by atoms with E-state index in [1.807, 2.05) is 30.3 Å². The first-order chi connectivity index (χ1) is 8.23. The van der Waals surface area contributed by atoms with Crippen LogP contribution in [0.25, 0.3) is 0 Å². The highest BCUT2D eigenvalue weighted by Crippen LogP contribution is 2.44. The number of aliphatic carboxylic acids is 1. The number of hydrogen-bond donors (Lipinski definition) is 1. The van der Waals surface area contributed by atoms with Crippen LogP contribution in [0.2, 0.25) is 0 Å². The Bertz CT molecular complexity index is 368. The maximum Gasteiger partial charge on any atom is 0.309 e. The second-order valence-corrected chi connectivity index (χ2v) is 4.70. The van der Waals surface area contributed by atoms with Gasteiger partial charge in [-0.05, 0) is 37.8 Å². The Labute approximate surface area is 101 Å². The van der Waals surface area contributed by atoms with Gasteiger partial charge in [0.15, 0.2) is 0 Å². The van der Waals surface area contributed by atoms with Crippen LogP contribution in [-0.2, 0) is 4.79 Å². The van der Waals surface area contributed by atoms with Crippen LogP contribution in [0.1, 0.15) is 32.1 Å². The molecule has 1 aliphatic rings. The number of carboxylic acids is 1. The average molecular weight is 234 g/mol. The zero-order chi connectivity index (χ0) is 12.1. The smallest absolute Gasteiger partial charge is 0.309 e. The van der Waals surface area contributed by atoms with Crippen LogP contribution in [0.5, 0.6) is 5.75 Å². The van der Waals surface area contributed by atoms with Gasteiger partial charge in [-0.15, -0.1) is 0 Å². The summed E-state index contributed by atoms with van der Waals surface area (Å²) < 4.78 is 5.56. The van der Waals surface area contributed by atoms with Crippen molar-refractivity contribution in [2.24, 2.45) is 5.41 Å². The molecule has 3 heteroatoms. The molecule has 1 aromatic rings. The summed E-state index contributed by atoms with van der Waals surface area (Å²) in [6, 6.07) is 9.63. The molecule has 1 saturated carbocycles. The van der Waals surface area contributed by atoms with Gasteiger partial charge in [0.25, 0.3) is 0 Å². The van der Waals surface area contributed by atoms with E-state index in [2.05, 4.69) is 0 Å². The number of rotatable bonds is 6. The Morgan fingerprint density at radius 1 is 1.29 bits per heavy atom. The van der Waals surface area contributed by atoms with Crippen LogP contribution < -0.4 is 4.74 Å². The minimum atomic E-state index is -0.636. The Morgan fingerprint density at radius 2 is 2.00 bits per heavy atom. The number of para-hydroxylation sites is 1. The molecular formula is C14H18O3. The van der Waals surface area contributed by atoms with Gasteiger partial charge in [0, 0.05) is 0 Å². The number of carbonyl (C=O) groups is 1. The largest absolute Gasteiger partial charge is 0.494 e. The first kappa shape index (κ1) is 12.0. The molecular weight excluding hydrogens is 216 g/mol. The van der Waals surface area contributed by atoms with E-state index < -0.39 is 11.4 Å². The Kier molecular flexibility index (Phi) is 3.67. The molecule has 2 rings (SSSR count). The fourth-order valence-electron chi connectivity index (χ4n) is 2.29. The predicted molar refractivity (Wildman–Crippen MR) is 65.1 cm³/mol. The van der Waals surface area contributed by atoms with E-state index in [1.54, 1.807) is 0 Å². The van der Waals surface area contributed by atoms with Gasteiger partial charge < -0.3 is 9.84 Å². The maximum absolute atomic E-state index is 11.1. The summed E-state index contributed by atoms with van der Waals surface area (Å²) in [5.74, 6) is 0.217. The van der Waals surface area contributed by atoms with Crippen molar-refractivity contribution in [1.29, 1.82) is 0 Å². The zero-order valence-electron chi connectivity index (χ0n) is 9.89. The Balaban J connectivity index is 1.71. The Morgan fingerprint density at radius 3 is 2.53 bits per heavy atom. The van der Waals surface area contributed by atoms with Gasteiger partial charge in [-0.2, -0.15) is 0 Å². The lowest BCUT2D eigenvalue weighted by molar-refractivity contribution is -0.155. The molecule has 0 spiro atoms. The van der Waals surface area contributed by atoms with E-state index in [-0.39, 0.29) is 0 Å². The molecule has 0 heterocycles. The third-order valence-corrected chi connectivity index (χ3v) is 3.58. The summed E-state index contributed by atoms with van der Waals surface area (Å²) in [5, 5.41) is 9.16. The topological polar surface area (TPSA) is 46.5 Å². The third kappa shape index (κ3) is 2.78. The van der Waals surface area contributed by atoms with Crippen molar-refractivity contribution in [3.8, 4) is 5.75 Å². The standard InChI is InChI=1S/C14H18O3/c15-13(16)14(8-4-9-14)10-5-11-17-12-6-2-1-3-7-12/h1-3,6-7H,4-5,8-11H2,(H,15,16). The predicted octanol–water partition coefficient (Wildman–Crippen LogP) is 3.10. The molecule has 0 bridgehead atoms. The lowest BCUT2D eigenvalue weighted by Crippen LogP contribution is -2.38. The van der Waals surface area contributed by atoms with Crippen molar-refractivity contribution in [3.05, 3.63) is 30.3 Å². The van der Waals surface area contributed by atoms with E-state index in [0.717, 1.165) is 37.9 Å². The minimum Gasteiger partial charge on any atom is -0.494 e. The van der Waals surface area contributed by atoms with Gasteiger partial charge >= 0.3 is 5.97 Å². The third-order valence-electron chi connectivity index (χ3n) is 3.58. The monoisotopic (exact) mass is 234 g/mol. The molecule has 1 fully saturated rings. The SMILES string of the molecule is O=C(O)C1(CCCOc2ccccc2)CCC1. The minimum absolute atomic E-state index is 0.444. The van der Waals surface area contributed by atoms with E-state index in [4.69, 9.17) is 9.84 Å². The molecule has 17 heavy (non-hydrogen) atoms. The summed E-state index contributed by atoms with van der Waals surface area (Å²) in [7, 11) is 0. The van der Waals surface area contributed by atoms with Gasteiger partial charge in [-0.25, -0.2) is 0 Å². The second-order valence-electron chi connectivity index (χ2n) is 4.70. The van der Waals surface area contributed by atoms with E-state index in [9.17, 15) is 4.79 Å². The highest BCUT2D eigenvalue weighted by atomic mass is 16.5. The molecule has 0 unspecified atom stereocenters. The van der Waals surface area contributed by atoms with Crippen molar-refractivity contribution < 1.29 is 14.6 Å². The van der Waals surface area contributed by atoms with Crippen LogP contribution >= 0.6 is 0 Å². The summed E-state index contributed by atoms with van der Waals surface area (Å²) in [4.78, 5) is 11.1. The molecule has 1 aliphatic carbocycles. The number of hydrogen-bond acceptors (Lipinski definition) is 2. The summed E-state index contributed by atoms with van der Waals surface area (Å²) >= 11 is 0. The van der Waals surface area contributed by atoms with Crippen LogP contribution in [0.15, 0.2) is 30.3 Å². The van der Waals surface area contributed by atoms with E-state index >= 15 is 0 Å². The van der Waals surface area contributed by atoms with Crippen LogP contribution in [0.4, 0.5) is 0 Å². The highest BCUT2D eigenvalue weighted by molar-refractivity contribution is 5.75. The average Bonchev–Trinajstić information content (AvgIpc) is 2.27. The first-order valence-electron chi connectivity index (χ1n) is 6.14. The molecule has 1 aromatic carbocycles. The Hall–Kier alpha value is -1.51. The molecule has 0 aliphatic heterocycles. The van der Waals surface area contributed by atoms with Crippen molar-refractivity contribution in [2.45, 2.75) is 32.1 Å². The highest BCUT2D eigenvalue weighted by Gasteiger charge is 2.43. The molecule has 0 atom stereocenters.